The Balaban J connectivity index is 0.913. The summed E-state index contributed by atoms with van der Waals surface area (Å²) < 4.78 is 41.8. The predicted octanol–water partition coefficient (Wildman–Crippen LogP) is 6.80. The number of sulfonamides is 1. The Labute approximate surface area is 370 Å². The molecule has 2 saturated heterocycles. The minimum Gasteiger partial charge on any atom is -0.455 e. The zero-order valence-electron chi connectivity index (χ0n) is 35.0. The fraction of sp³-hybridized carbons (Fsp3) is 0.348. The number of ether oxygens (including phenoxy) is 2. The number of amides is 2. The highest BCUT2D eigenvalue weighted by molar-refractivity contribution is 7.90. The second-order valence-corrected chi connectivity index (χ2v) is 18.7. The number of aromatic nitrogens is 2. The van der Waals surface area contributed by atoms with E-state index in [2.05, 4.69) is 47.1 Å². The van der Waals surface area contributed by atoms with E-state index in [4.69, 9.17) is 14.3 Å². The van der Waals surface area contributed by atoms with Gasteiger partial charge in [-0.05, 0) is 103 Å². The molecule has 0 saturated carbocycles. The number of pyridine rings is 1. The molecule has 17 heteroatoms. The fourth-order valence-electron chi connectivity index (χ4n) is 8.66. The lowest BCUT2D eigenvalue weighted by atomic mass is 9.89. The molecule has 15 nitrogen and oxygen atoms in total. The van der Waals surface area contributed by atoms with Crippen molar-refractivity contribution in [3.05, 3.63) is 118 Å². The van der Waals surface area contributed by atoms with Crippen molar-refractivity contribution in [1.29, 1.82) is 0 Å². The molecule has 4 N–H and O–H groups in total. The number of anilines is 3. The van der Waals surface area contributed by atoms with Crippen LogP contribution in [-0.2, 0) is 19.6 Å². The van der Waals surface area contributed by atoms with E-state index in [1.807, 2.05) is 39.9 Å². The average molecular weight is 891 g/mol. The lowest BCUT2D eigenvalue weighted by Crippen LogP contribution is -2.54. The van der Waals surface area contributed by atoms with Gasteiger partial charge in [-0.1, -0.05) is 5.57 Å². The Hall–Kier alpha value is -5.94. The monoisotopic (exact) mass is 890 g/mol. The Morgan fingerprint density at radius 2 is 1.89 bits per heavy atom. The summed E-state index contributed by atoms with van der Waals surface area (Å²) in [4.78, 5) is 47.0. The van der Waals surface area contributed by atoms with E-state index >= 15 is 0 Å². The van der Waals surface area contributed by atoms with Gasteiger partial charge in [0.15, 0.2) is 0 Å². The number of carbonyl (C=O) groups is 2. The number of nitrogens with zero attached hydrogens (tertiary/aromatic N) is 4. The summed E-state index contributed by atoms with van der Waals surface area (Å²) in [5.74, 6) is 0.201. The van der Waals surface area contributed by atoms with Crippen LogP contribution in [0.25, 0.3) is 11.0 Å². The van der Waals surface area contributed by atoms with Crippen molar-refractivity contribution in [2.45, 2.75) is 36.6 Å². The van der Waals surface area contributed by atoms with Gasteiger partial charge in [-0.2, -0.15) is 11.3 Å². The van der Waals surface area contributed by atoms with Gasteiger partial charge in [0.25, 0.3) is 21.8 Å². The molecule has 5 aromatic rings. The molecule has 1 atom stereocenters. The lowest BCUT2D eigenvalue weighted by molar-refractivity contribution is 0.0626. The molecule has 0 unspecified atom stereocenters. The van der Waals surface area contributed by atoms with E-state index in [1.54, 1.807) is 36.7 Å². The van der Waals surface area contributed by atoms with Crippen LogP contribution in [0.4, 0.5) is 17.1 Å². The molecule has 2 amide bonds. The van der Waals surface area contributed by atoms with Crippen LogP contribution in [0.1, 0.15) is 46.4 Å². The molecule has 3 aromatic heterocycles. The van der Waals surface area contributed by atoms with Crippen LogP contribution >= 0.6 is 11.3 Å². The van der Waals surface area contributed by atoms with Crippen molar-refractivity contribution in [3.63, 3.8) is 0 Å². The Kier molecular flexibility index (Phi) is 12.6. The minimum atomic E-state index is -4.35. The maximum absolute atomic E-state index is 14.0. The molecular formula is C46H50N8O7S2. The van der Waals surface area contributed by atoms with Crippen molar-refractivity contribution in [2.75, 3.05) is 81.8 Å². The van der Waals surface area contributed by atoms with Crippen molar-refractivity contribution in [2.24, 2.45) is 5.92 Å². The van der Waals surface area contributed by atoms with Crippen LogP contribution in [-0.4, -0.2) is 112 Å². The SMILES string of the molecule is CONc1cc(S(=O)(=O)NC(=O)c2ccc(N3CCN(C[C@@H]4CC5=C(C=C=CC5)CN4C(=O)c4ccsc4)CC3)cc2Oc2cnc3[nH]ccc3c2)ccc1NCC1CCOCC1. The number of thiophene rings is 1. The van der Waals surface area contributed by atoms with Crippen LogP contribution in [0.15, 0.2) is 112 Å². The smallest absolute Gasteiger partial charge is 0.268 e. The number of carbonyl (C=O) groups excluding carboxylic acids is 2. The van der Waals surface area contributed by atoms with E-state index in [9.17, 15) is 18.0 Å². The second-order valence-electron chi connectivity index (χ2n) is 16.2. The van der Waals surface area contributed by atoms with Crippen molar-refractivity contribution < 1.29 is 32.3 Å². The van der Waals surface area contributed by atoms with Gasteiger partial charge < -0.3 is 29.6 Å². The molecule has 0 spiro atoms. The van der Waals surface area contributed by atoms with Crippen LogP contribution in [0.5, 0.6) is 11.5 Å². The summed E-state index contributed by atoms with van der Waals surface area (Å²) in [6, 6.07) is 15.3. The van der Waals surface area contributed by atoms with Gasteiger partial charge in [-0.25, -0.2) is 18.1 Å². The molecule has 9 rings (SSSR count). The van der Waals surface area contributed by atoms with E-state index < -0.39 is 15.9 Å². The van der Waals surface area contributed by atoms with Crippen LogP contribution in [0, 0.1) is 5.92 Å². The standard InChI is InChI=1S/C46H50N8O7S2/c1-59-50-42-25-39(7-9-41(42)48-26-31-11-19-60-20-12-31)63(57,58)51-45(55)40-8-6-36(24-43(40)61-38-23-33-10-14-47-44(33)49-27-38)53-17-15-52(16-18-53)29-37-22-32-4-2-3-5-34(32)28-54(37)46(56)35-13-21-62-30-35/h2,5-10,13-14,21,23-25,27,30-31,37,48,50H,4,11-12,15-20,22,26,28-29H2,1H3,(H,47,49)(H,51,55)/t37-/m0/s1. The van der Waals surface area contributed by atoms with Crippen molar-refractivity contribution in [3.8, 4) is 11.5 Å². The number of hydrogen-bond donors (Lipinski definition) is 4. The van der Waals surface area contributed by atoms with Crippen LogP contribution in [0.2, 0.25) is 0 Å². The zero-order valence-corrected chi connectivity index (χ0v) is 36.6. The number of H-pyrrole nitrogens is 1. The first-order valence-electron chi connectivity index (χ1n) is 21.2. The number of hydrogen-bond acceptors (Lipinski definition) is 13. The fourth-order valence-corrected chi connectivity index (χ4v) is 10.3. The van der Waals surface area contributed by atoms with E-state index in [1.165, 1.54) is 41.7 Å². The predicted molar refractivity (Wildman–Crippen MR) is 243 cm³/mol. The summed E-state index contributed by atoms with van der Waals surface area (Å²) in [5.41, 5.74) is 11.9. The van der Waals surface area contributed by atoms with Gasteiger partial charge in [-0.3, -0.25) is 24.8 Å². The molecular weight excluding hydrogens is 841 g/mol. The molecule has 1 aliphatic carbocycles. The van der Waals surface area contributed by atoms with Gasteiger partial charge >= 0.3 is 0 Å². The third kappa shape index (κ3) is 9.69. The highest BCUT2D eigenvalue weighted by Gasteiger charge is 2.34. The van der Waals surface area contributed by atoms with Crippen molar-refractivity contribution >= 4 is 61.3 Å². The van der Waals surface area contributed by atoms with E-state index in [0.717, 1.165) is 75.2 Å². The normalized spacial score (nSPS) is 18.4. The number of fused-ring (bicyclic) bond motifs is 1. The van der Waals surface area contributed by atoms with Gasteiger partial charge in [0.2, 0.25) is 0 Å². The number of benzene rings is 2. The van der Waals surface area contributed by atoms with Crippen molar-refractivity contribution in [1.82, 2.24) is 24.5 Å². The Morgan fingerprint density at radius 3 is 2.70 bits per heavy atom. The van der Waals surface area contributed by atoms with Crippen LogP contribution < -0.4 is 25.2 Å². The molecule has 2 fully saturated rings. The summed E-state index contributed by atoms with van der Waals surface area (Å²) in [5, 5.41) is 8.07. The molecule has 328 valence electrons. The minimum absolute atomic E-state index is 0.0360. The quantitative estimate of drug-likeness (QED) is 0.0681. The molecule has 6 heterocycles. The third-order valence-corrected chi connectivity index (χ3v) is 14.2. The largest absolute Gasteiger partial charge is 0.455 e. The van der Waals surface area contributed by atoms with Gasteiger partial charge in [-0.15, -0.1) is 5.73 Å². The van der Waals surface area contributed by atoms with E-state index in [0.29, 0.717) is 54.9 Å². The number of rotatable bonds is 14. The summed E-state index contributed by atoms with van der Waals surface area (Å²) in [6.45, 7) is 6.37. The number of piperazine rings is 1. The molecule has 63 heavy (non-hydrogen) atoms. The number of nitrogens with one attached hydrogen (secondary N) is 4. The first-order chi connectivity index (χ1) is 30.7. The highest BCUT2D eigenvalue weighted by atomic mass is 32.2. The number of aromatic amines is 1. The van der Waals surface area contributed by atoms with Crippen LogP contribution in [0.3, 0.4) is 0 Å². The Morgan fingerprint density at radius 1 is 1.03 bits per heavy atom. The summed E-state index contributed by atoms with van der Waals surface area (Å²) in [6.07, 6.45) is 11.0. The second kappa shape index (κ2) is 18.8. The first kappa shape index (κ1) is 42.4. The maximum Gasteiger partial charge on any atom is 0.268 e. The maximum atomic E-state index is 14.0. The Bertz CT molecular complexity index is 2680. The summed E-state index contributed by atoms with van der Waals surface area (Å²) in [7, 11) is -2.91. The molecule has 3 aliphatic heterocycles. The highest BCUT2D eigenvalue weighted by Crippen LogP contribution is 2.34. The first-order valence-corrected chi connectivity index (χ1v) is 23.6. The molecule has 2 aromatic carbocycles. The molecule has 0 bridgehead atoms. The van der Waals surface area contributed by atoms with Gasteiger partial charge in [0, 0.05) is 93.8 Å². The van der Waals surface area contributed by atoms with Gasteiger partial charge in [0.1, 0.15) is 17.1 Å². The summed E-state index contributed by atoms with van der Waals surface area (Å²) >= 11 is 1.53. The zero-order chi connectivity index (χ0) is 43.3. The topological polar surface area (TPSA) is 170 Å². The lowest BCUT2D eigenvalue weighted by Gasteiger charge is -2.43. The molecule has 4 aliphatic rings. The van der Waals surface area contributed by atoms with E-state index in [-0.39, 0.29) is 28.2 Å². The average Bonchev–Trinajstić information content (AvgIpc) is 4.02. The van der Waals surface area contributed by atoms with Gasteiger partial charge in [0.05, 0.1) is 40.7 Å². The molecule has 0 radical (unpaired) electrons. The third-order valence-electron chi connectivity index (χ3n) is 12.2.